The van der Waals surface area contributed by atoms with Crippen molar-refractivity contribution in [2.45, 2.75) is 31.5 Å². The Bertz CT molecular complexity index is 1070. The maximum atomic E-state index is 12.3. The summed E-state index contributed by atoms with van der Waals surface area (Å²) in [7, 11) is 3.31. The van der Waals surface area contributed by atoms with Crippen LogP contribution in [0.15, 0.2) is 52.6 Å². The van der Waals surface area contributed by atoms with E-state index in [2.05, 4.69) is 10.00 Å². The van der Waals surface area contributed by atoms with Gasteiger partial charge in [0.25, 0.3) is 5.56 Å². The van der Waals surface area contributed by atoms with Gasteiger partial charge in [0.2, 0.25) is 0 Å². The molecule has 1 aromatic carbocycles. The zero-order valence-corrected chi connectivity index (χ0v) is 18.6. The standard InChI is InChI=1S/C23H27N3O4S/c1-29-18-5-7-20(30-2)17(14-18)15-25-11-9-23(28,10-12-25)16-26-22(27)8-6-19(24-26)21-4-3-13-31-21/h3-8,13-14,28H,9-12,15-16H2,1-2H3. The fourth-order valence-electron chi connectivity index (χ4n) is 3.93. The number of aliphatic hydroxyl groups is 1. The summed E-state index contributed by atoms with van der Waals surface area (Å²) in [5, 5.41) is 17.6. The molecule has 1 aliphatic rings. The van der Waals surface area contributed by atoms with Gasteiger partial charge in [-0.15, -0.1) is 11.3 Å². The molecule has 2 aromatic heterocycles. The number of piperidine rings is 1. The minimum Gasteiger partial charge on any atom is -0.497 e. The fourth-order valence-corrected chi connectivity index (χ4v) is 4.62. The van der Waals surface area contributed by atoms with Crippen molar-refractivity contribution in [1.82, 2.24) is 14.7 Å². The molecule has 3 heterocycles. The van der Waals surface area contributed by atoms with Crippen LogP contribution < -0.4 is 15.0 Å². The summed E-state index contributed by atoms with van der Waals surface area (Å²) >= 11 is 1.58. The molecular formula is C23H27N3O4S. The number of hydrogen-bond donors (Lipinski definition) is 1. The van der Waals surface area contributed by atoms with Crippen molar-refractivity contribution in [1.29, 1.82) is 0 Å². The van der Waals surface area contributed by atoms with Crippen LogP contribution >= 0.6 is 11.3 Å². The van der Waals surface area contributed by atoms with Gasteiger partial charge in [-0.3, -0.25) is 9.69 Å². The largest absolute Gasteiger partial charge is 0.497 e. The molecule has 1 fully saturated rings. The van der Waals surface area contributed by atoms with Crippen molar-refractivity contribution in [3.63, 3.8) is 0 Å². The summed E-state index contributed by atoms with van der Waals surface area (Å²) in [6, 6.07) is 13.0. The Balaban J connectivity index is 1.43. The molecule has 0 bridgehead atoms. The topological polar surface area (TPSA) is 76.8 Å². The van der Waals surface area contributed by atoms with Gasteiger partial charge >= 0.3 is 0 Å². The molecule has 1 aliphatic heterocycles. The number of benzene rings is 1. The highest BCUT2D eigenvalue weighted by Crippen LogP contribution is 2.29. The smallest absolute Gasteiger partial charge is 0.266 e. The zero-order valence-electron chi connectivity index (χ0n) is 17.8. The molecule has 0 spiro atoms. The second kappa shape index (κ2) is 9.21. The van der Waals surface area contributed by atoms with E-state index in [1.807, 2.05) is 35.7 Å². The molecule has 31 heavy (non-hydrogen) atoms. The highest BCUT2D eigenvalue weighted by molar-refractivity contribution is 7.13. The molecule has 0 amide bonds. The number of aromatic nitrogens is 2. The lowest BCUT2D eigenvalue weighted by Gasteiger charge is -2.38. The van der Waals surface area contributed by atoms with E-state index in [1.54, 1.807) is 31.6 Å². The Morgan fingerprint density at radius 2 is 1.94 bits per heavy atom. The molecule has 3 aromatic rings. The van der Waals surface area contributed by atoms with E-state index in [9.17, 15) is 9.90 Å². The van der Waals surface area contributed by atoms with Crippen LogP contribution in [0.5, 0.6) is 11.5 Å². The van der Waals surface area contributed by atoms with Gasteiger partial charge in [-0.25, -0.2) is 4.68 Å². The summed E-state index contributed by atoms with van der Waals surface area (Å²) in [5.74, 6) is 1.61. The third kappa shape index (κ3) is 4.98. The first-order chi connectivity index (χ1) is 15.0. The van der Waals surface area contributed by atoms with Crippen LogP contribution in [0, 0.1) is 0 Å². The first kappa shape index (κ1) is 21.5. The Morgan fingerprint density at radius 3 is 2.61 bits per heavy atom. The lowest BCUT2D eigenvalue weighted by atomic mass is 9.91. The minimum absolute atomic E-state index is 0.196. The van der Waals surface area contributed by atoms with Crippen molar-refractivity contribution in [3.8, 4) is 22.1 Å². The SMILES string of the molecule is COc1ccc(OC)c(CN2CCC(O)(Cn3nc(-c4cccs4)ccc3=O)CC2)c1. The second-order valence-electron chi connectivity index (χ2n) is 7.87. The van der Waals surface area contributed by atoms with Crippen LogP contribution in [0.1, 0.15) is 18.4 Å². The molecule has 164 valence electrons. The van der Waals surface area contributed by atoms with E-state index in [0.717, 1.165) is 40.7 Å². The van der Waals surface area contributed by atoms with Gasteiger partial charge in [0.05, 0.1) is 31.2 Å². The first-order valence-electron chi connectivity index (χ1n) is 10.3. The number of likely N-dealkylation sites (tertiary alicyclic amines) is 1. The van der Waals surface area contributed by atoms with Crippen molar-refractivity contribution in [3.05, 3.63) is 63.8 Å². The Morgan fingerprint density at radius 1 is 1.13 bits per heavy atom. The normalized spacial score (nSPS) is 16.2. The van der Waals surface area contributed by atoms with Crippen LogP contribution in [0.2, 0.25) is 0 Å². The lowest BCUT2D eigenvalue weighted by molar-refractivity contribution is -0.0390. The summed E-state index contributed by atoms with van der Waals surface area (Å²) in [6.07, 6.45) is 1.13. The average molecular weight is 442 g/mol. The Kier molecular flexibility index (Phi) is 6.41. The number of hydrogen-bond acceptors (Lipinski definition) is 7. The predicted molar refractivity (Wildman–Crippen MR) is 121 cm³/mol. The molecule has 0 radical (unpaired) electrons. The van der Waals surface area contributed by atoms with Crippen molar-refractivity contribution >= 4 is 11.3 Å². The molecule has 0 aliphatic carbocycles. The summed E-state index contributed by atoms with van der Waals surface area (Å²) in [5.41, 5.74) is 0.645. The maximum Gasteiger partial charge on any atom is 0.266 e. The maximum absolute atomic E-state index is 12.3. The van der Waals surface area contributed by atoms with E-state index in [0.29, 0.717) is 19.4 Å². The van der Waals surface area contributed by atoms with Gasteiger partial charge in [0.1, 0.15) is 17.2 Å². The van der Waals surface area contributed by atoms with Gasteiger partial charge in [-0.2, -0.15) is 5.10 Å². The minimum atomic E-state index is -0.958. The van der Waals surface area contributed by atoms with E-state index < -0.39 is 5.60 Å². The monoisotopic (exact) mass is 441 g/mol. The first-order valence-corrected chi connectivity index (χ1v) is 11.2. The molecule has 7 nitrogen and oxygen atoms in total. The Hall–Kier alpha value is -2.68. The average Bonchev–Trinajstić information content (AvgIpc) is 3.32. The molecule has 0 unspecified atom stereocenters. The molecule has 1 N–H and O–H groups in total. The van der Waals surface area contributed by atoms with Gasteiger partial charge in [-0.05, 0) is 48.6 Å². The van der Waals surface area contributed by atoms with Crippen LogP contribution in [0.25, 0.3) is 10.6 Å². The van der Waals surface area contributed by atoms with Crippen LogP contribution in [-0.2, 0) is 13.1 Å². The number of methoxy groups -OCH3 is 2. The third-order valence-corrected chi connectivity index (χ3v) is 6.65. The molecule has 8 heteroatoms. The van der Waals surface area contributed by atoms with Crippen molar-refractivity contribution in [2.24, 2.45) is 0 Å². The molecule has 4 rings (SSSR count). The van der Waals surface area contributed by atoms with E-state index >= 15 is 0 Å². The lowest BCUT2D eigenvalue weighted by Crippen LogP contribution is -2.48. The number of ether oxygens (including phenoxy) is 2. The highest BCUT2D eigenvalue weighted by atomic mass is 32.1. The zero-order chi connectivity index (χ0) is 21.8. The van der Waals surface area contributed by atoms with Crippen LogP contribution in [0.4, 0.5) is 0 Å². The summed E-state index contributed by atoms with van der Waals surface area (Å²) in [6.45, 7) is 2.34. The number of rotatable bonds is 7. The molecule has 0 saturated carbocycles. The van der Waals surface area contributed by atoms with Crippen LogP contribution in [-0.4, -0.2) is 52.7 Å². The van der Waals surface area contributed by atoms with Gasteiger partial charge in [0, 0.05) is 31.3 Å². The van der Waals surface area contributed by atoms with Crippen molar-refractivity contribution < 1.29 is 14.6 Å². The number of nitrogens with zero attached hydrogens (tertiary/aromatic N) is 3. The third-order valence-electron chi connectivity index (χ3n) is 5.75. The van der Waals surface area contributed by atoms with E-state index in [4.69, 9.17) is 9.47 Å². The fraction of sp³-hybridized carbons (Fsp3) is 0.391. The van der Waals surface area contributed by atoms with E-state index in [-0.39, 0.29) is 12.1 Å². The van der Waals surface area contributed by atoms with Crippen LogP contribution in [0.3, 0.4) is 0 Å². The quantitative estimate of drug-likeness (QED) is 0.607. The van der Waals surface area contributed by atoms with Gasteiger partial charge in [0.15, 0.2) is 0 Å². The Labute approximate surface area is 185 Å². The highest BCUT2D eigenvalue weighted by Gasteiger charge is 2.33. The molecule has 1 saturated heterocycles. The summed E-state index contributed by atoms with van der Waals surface area (Å²) < 4.78 is 12.2. The number of thiophene rings is 1. The van der Waals surface area contributed by atoms with Gasteiger partial charge in [-0.1, -0.05) is 6.07 Å². The van der Waals surface area contributed by atoms with Crippen molar-refractivity contribution in [2.75, 3.05) is 27.3 Å². The molecule has 0 atom stereocenters. The van der Waals surface area contributed by atoms with Gasteiger partial charge < -0.3 is 14.6 Å². The predicted octanol–water partition coefficient (Wildman–Crippen LogP) is 3.02. The second-order valence-corrected chi connectivity index (χ2v) is 8.82. The summed E-state index contributed by atoms with van der Waals surface area (Å²) in [4.78, 5) is 15.6. The van der Waals surface area contributed by atoms with E-state index in [1.165, 1.54) is 10.7 Å². The molecular weight excluding hydrogens is 414 g/mol.